The van der Waals surface area contributed by atoms with Gasteiger partial charge >= 0.3 is 6.18 Å². The molecule has 1 atom stereocenters. The zero-order valence-electron chi connectivity index (χ0n) is 8.92. The highest BCUT2D eigenvalue weighted by Gasteiger charge is 2.33. The van der Waals surface area contributed by atoms with Crippen molar-refractivity contribution in [3.05, 3.63) is 29.8 Å². The fourth-order valence-electron chi connectivity index (χ4n) is 1.18. The highest BCUT2D eigenvalue weighted by molar-refractivity contribution is 5.35. The van der Waals surface area contributed by atoms with Gasteiger partial charge < -0.3 is 10.5 Å². The molecule has 1 rings (SSSR count). The smallest absolute Gasteiger partial charge is 0.419 e. The summed E-state index contributed by atoms with van der Waals surface area (Å²) >= 11 is 0. The third-order valence-electron chi connectivity index (χ3n) is 2.02. The Labute approximate surface area is 92.2 Å². The average molecular weight is 233 g/mol. The molecular formula is C11H14F3NO. The first-order valence-electron chi connectivity index (χ1n) is 4.96. The number of ether oxygens (including phenoxy) is 1. The van der Waals surface area contributed by atoms with Crippen LogP contribution >= 0.6 is 0 Å². The summed E-state index contributed by atoms with van der Waals surface area (Å²) in [6, 6.07) is 5.07. The number of rotatable bonds is 4. The van der Waals surface area contributed by atoms with Crippen molar-refractivity contribution >= 4 is 0 Å². The molecule has 1 aromatic carbocycles. The van der Waals surface area contributed by atoms with Gasteiger partial charge in [-0.05, 0) is 25.5 Å². The van der Waals surface area contributed by atoms with Crippen LogP contribution in [0.15, 0.2) is 24.3 Å². The summed E-state index contributed by atoms with van der Waals surface area (Å²) in [7, 11) is 0. The second-order valence-corrected chi connectivity index (χ2v) is 3.61. The molecule has 0 unspecified atom stereocenters. The molecule has 5 heteroatoms. The molecule has 2 nitrogen and oxygen atoms in total. The van der Waals surface area contributed by atoms with Crippen LogP contribution in [-0.4, -0.2) is 12.6 Å². The summed E-state index contributed by atoms with van der Waals surface area (Å²) in [5.41, 5.74) is 4.73. The molecule has 0 radical (unpaired) electrons. The van der Waals surface area contributed by atoms with Gasteiger partial charge in [0.1, 0.15) is 5.75 Å². The number of benzene rings is 1. The zero-order chi connectivity index (χ0) is 12.2. The molecule has 0 amide bonds. The van der Waals surface area contributed by atoms with Crippen molar-refractivity contribution in [1.82, 2.24) is 0 Å². The van der Waals surface area contributed by atoms with Crippen LogP contribution in [0.2, 0.25) is 0 Å². The van der Waals surface area contributed by atoms with Crippen molar-refractivity contribution in [2.75, 3.05) is 6.61 Å². The fourth-order valence-corrected chi connectivity index (χ4v) is 1.18. The molecule has 0 aromatic heterocycles. The van der Waals surface area contributed by atoms with Crippen LogP contribution < -0.4 is 10.5 Å². The minimum Gasteiger partial charge on any atom is -0.493 e. The van der Waals surface area contributed by atoms with Gasteiger partial charge in [0.2, 0.25) is 0 Å². The molecule has 0 saturated carbocycles. The van der Waals surface area contributed by atoms with Crippen molar-refractivity contribution < 1.29 is 17.9 Å². The van der Waals surface area contributed by atoms with Crippen molar-refractivity contribution in [3.63, 3.8) is 0 Å². The van der Waals surface area contributed by atoms with Crippen LogP contribution in [-0.2, 0) is 6.18 Å². The van der Waals surface area contributed by atoms with Gasteiger partial charge in [-0.15, -0.1) is 0 Å². The first-order valence-corrected chi connectivity index (χ1v) is 4.96. The van der Waals surface area contributed by atoms with Crippen molar-refractivity contribution in [2.45, 2.75) is 25.6 Å². The molecule has 0 bridgehead atoms. The van der Waals surface area contributed by atoms with Crippen molar-refractivity contribution in [1.29, 1.82) is 0 Å². The Morgan fingerprint density at radius 3 is 2.50 bits per heavy atom. The van der Waals surface area contributed by atoms with Crippen LogP contribution in [0, 0.1) is 0 Å². The van der Waals surface area contributed by atoms with E-state index in [1.807, 2.05) is 0 Å². The Morgan fingerprint density at radius 1 is 1.31 bits per heavy atom. The third kappa shape index (κ3) is 3.73. The zero-order valence-corrected chi connectivity index (χ0v) is 8.92. The van der Waals surface area contributed by atoms with E-state index in [-0.39, 0.29) is 18.4 Å². The Morgan fingerprint density at radius 2 is 1.94 bits per heavy atom. The molecule has 0 fully saturated rings. The third-order valence-corrected chi connectivity index (χ3v) is 2.02. The van der Waals surface area contributed by atoms with Gasteiger partial charge in [0.25, 0.3) is 0 Å². The highest BCUT2D eigenvalue weighted by atomic mass is 19.4. The van der Waals surface area contributed by atoms with Crippen LogP contribution in [0.25, 0.3) is 0 Å². The van der Waals surface area contributed by atoms with E-state index in [2.05, 4.69) is 0 Å². The molecule has 16 heavy (non-hydrogen) atoms. The topological polar surface area (TPSA) is 35.2 Å². The van der Waals surface area contributed by atoms with Crippen LogP contribution in [0.5, 0.6) is 5.75 Å². The van der Waals surface area contributed by atoms with Gasteiger partial charge in [0.15, 0.2) is 0 Å². The van der Waals surface area contributed by atoms with E-state index in [1.54, 1.807) is 6.92 Å². The first-order chi connectivity index (χ1) is 7.41. The standard InChI is InChI=1S/C11H14F3NO/c1-8(15)6-7-16-10-5-3-2-4-9(10)11(12,13)14/h2-5,8H,6-7,15H2,1H3/t8-/m1/s1. The molecular weight excluding hydrogens is 219 g/mol. The van der Waals surface area contributed by atoms with E-state index in [9.17, 15) is 13.2 Å². The van der Waals surface area contributed by atoms with E-state index >= 15 is 0 Å². The fraction of sp³-hybridized carbons (Fsp3) is 0.455. The number of alkyl halides is 3. The molecule has 0 aliphatic rings. The Balaban J connectivity index is 2.72. The summed E-state index contributed by atoms with van der Waals surface area (Å²) in [5.74, 6) is -0.143. The van der Waals surface area contributed by atoms with E-state index in [1.165, 1.54) is 18.2 Å². The van der Waals surface area contributed by atoms with E-state index in [0.717, 1.165) is 6.07 Å². The molecule has 0 aliphatic heterocycles. The minimum absolute atomic E-state index is 0.0851. The lowest BCUT2D eigenvalue weighted by atomic mass is 10.2. The van der Waals surface area contributed by atoms with Gasteiger partial charge in [-0.1, -0.05) is 12.1 Å². The Bertz CT molecular complexity index is 336. The maximum Gasteiger partial charge on any atom is 0.419 e. The van der Waals surface area contributed by atoms with Crippen LogP contribution in [0.3, 0.4) is 0 Å². The van der Waals surface area contributed by atoms with Gasteiger partial charge in [-0.3, -0.25) is 0 Å². The van der Waals surface area contributed by atoms with Gasteiger partial charge in [0.05, 0.1) is 12.2 Å². The van der Waals surface area contributed by atoms with E-state index in [0.29, 0.717) is 6.42 Å². The summed E-state index contributed by atoms with van der Waals surface area (Å²) < 4.78 is 42.7. The molecule has 90 valence electrons. The molecule has 2 N–H and O–H groups in total. The number of nitrogens with two attached hydrogens (primary N) is 1. The monoisotopic (exact) mass is 233 g/mol. The molecule has 0 heterocycles. The lowest BCUT2D eigenvalue weighted by Gasteiger charge is -2.14. The number of para-hydroxylation sites is 1. The van der Waals surface area contributed by atoms with Crippen molar-refractivity contribution in [3.8, 4) is 5.75 Å². The van der Waals surface area contributed by atoms with Gasteiger partial charge in [-0.2, -0.15) is 13.2 Å². The summed E-state index contributed by atoms with van der Waals surface area (Å²) in [6.45, 7) is 1.96. The number of halogens is 3. The summed E-state index contributed by atoms with van der Waals surface area (Å²) in [6.07, 6.45) is -3.86. The Kier molecular flexibility index (Phi) is 4.18. The lowest BCUT2D eigenvalue weighted by Crippen LogP contribution is -2.19. The largest absolute Gasteiger partial charge is 0.493 e. The van der Waals surface area contributed by atoms with Gasteiger partial charge in [-0.25, -0.2) is 0 Å². The quantitative estimate of drug-likeness (QED) is 0.867. The highest BCUT2D eigenvalue weighted by Crippen LogP contribution is 2.35. The predicted octanol–water partition coefficient (Wildman–Crippen LogP) is 2.82. The normalized spacial score (nSPS) is 13.6. The lowest BCUT2D eigenvalue weighted by molar-refractivity contribution is -0.138. The summed E-state index contributed by atoms with van der Waals surface area (Å²) in [5, 5.41) is 0. The second-order valence-electron chi connectivity index (χ2n) is 3.61. The average Bonchev–Trinajstić information content (AvgIpc) is 2.16. The molecule has 0 spiro atoms. The van der Waals surface area contributed by atoms with E-state index < -0.39 is 11.7 Å². The van der Waals surface area contributed by atoms with Crippen LogP contribution in [0.4, 0.5) is 13.2 Å². The molecule has 0 aliphatic carbocycles. The number of hydrogen-bond donors (Lipinski definition) is 1. The van der Waals surface area contributed by atoms with Crippen LogP contribution in [0.1, 0.15) is 18.9 Å². The molecule has 0 saturated heterocycles. The Hall–Kier alpha value is -1.23. The predicted molar refractivity (Wildman–Crippen MR) is 55.2 cm³/mol. The first kappa shape index (κ1) is 12.8. The van der Waals surface area contributed by atoms with E-state index in [4.69, 9.17) is 10.5 Å². The minimum atomic E-state index is -4.38. The maximum atomic E-state index is 12.5. The summed E-state index contributed by atoms with van der Waals surface area (Å²) in [4.78, 5) is 0. The van der Waals surface area contributed by atoms with Gasteiger partial charge in [0, 0.05) is 6.04 Å². The number of hydrogen-bond acceptors (Lipinski definition) is 2. The molecule has 1 aromatic rings. The van der Waals surface area contributed by atoms with Crippen molar-refractivity contribution in [2.24, 2.45) is 5.73 Å². The SMILES string of the molecule is C[C@@H](N)CCOc1ccccc1C(F)(F)F. The second kappa shape index (κ2) is 5.21. The maximum absolute atomic E-state index is 12.5.